The number of benzene rings is 1. The van der Waals surface area contributed by atoms with Crippen LogP contribution in [-0.4, -0.2) is 17.4 Å². The molecule has 0 spiro atoms. The summed E-state index contributed by atoms with van der Waals surface area (Å²) < 4.78 is 0. The zero-order chi connectivity index (χ0) is 16.0. The van der Waals surface area contributed by atoms with Gasteiger partial charge in [-0.05, 0) is 31.0 Å². The first-order valence-corrected chi connectivity index (χ1v) is 7.23. The van der Waals surface area contributed by atoms with E-state index in [1.54, 1.807) is 6.92 Å². The monoisotopic (exact) mass is 291 g/mol. The number of carbonyl (C=O) groups excluding carboxylic acids is 2. The highest BCUT2D eigenvalue weighted by Crippen LogP contribution is 2.12. The Balaban J connectivity index is 2.65. The molecule has 1 aromatic carbocycles. The van der Waals surface area contributed by atoms with Crippen LogP contribution in [0.15, 0.2) is 24.3 Å². The third-order valence-electron chi connectivity index (χ3n) is 3.43. The lowest BCUT2D eigenvalue weighted by molar-refractivity contribution is -0.126. The Labute approximate surface area is 126 Å². The van der Waals surface area contributed by atoms with Gasteiger partial charge in [-0.25, -0.2) is 0 Å². The third-order valence-corrected chi connectivity index (χ3v) is 3.43. The fourth-order valence-electron chi connectivity index (χ4n) is 1.59. The van der Waals surface area contributed by atoms with Gasteiger partial charge in [0.2, 0.25) is 11.8 Å². The van der Waals surface area contributed by atoms with Crippen LogP contribution in [0, 0.1) is 5.92 Å². The summed E-state index contributed by atoms with van der Waals surface area (Å²) in [5.41, 5.74) is 6.67. The maximum absolute atomic E-state index is 11.9. The van der Waals surface area contributed by atoms with Crippen LogP contribution in [0.2, 0.25) is 0 Å². The van der Waals surface area contributed by atoms with E-state index in [-0.39, 0.29) is 17.7 Å². The van der Waals surface area contributed by atoms with Gasteiger partial charge in [0.25, 0.3) is 0 Å². The van der Waals surface area contributed by atoms with Gasteiger partial charge in [0.15, 0.2) is 0 Å². The summed E-state index contributed by atoms with van der Waals surface area (Å²) in [5, 5.41) is 5.65. The van der Waals surface area contributed by atoms with Gasteiger partial charge in [0, 0.05) is 18.2 Å². The van der Waals surface area contributed by atoms with E-state index in [9.17, 15) is 9.59 Å². The topological polar surface area (TPSA) is 84.2 Å². The average molecular weight is 291 g/mol. The summed E-state index contributed by atoms with van der Waals surface area (Å²) >= 11 is 0. The van der Waals surface area contributed by atoms with Crippen LogP contribution in [0.3, 0.4) is 0 Å². The normalized spacial score (nSPS) is 13.6. The van der Waals surface area contributed by atoms with Gasteiger partial charge >= 0.3 is 0 Å². The predicted octanol–water partition coefficient (Wildman–Crippen LogP) is 2.02. The number of nitrogens with one attached hydrogen (secondary N) is 2. The molecule has 0 aliphatic rings. The lowest BCUT2D eigenvalue weighted by atomic mass is 9.99. The van der Waals surface area contributed by atoms with Crippen LogP contribution in [0.4, 0.5) is 5.69 Å². The molecule has 21 heavy (non-hydrogen) atoms. The molecule has 5 nitrogen and oxygen atoms in total. The molecular formula is C16H25N3O2. The number of nitrogens with two attached hydrogens (primary N) is 1. The predicted molar refractivity (Wildman–Crippen MR) is 84.6 cm³/mol. The first-order valence-electron chi connectivity index (χ1n) is 7.23. The van der Waals surface area contributed by atoms with Crippen molar-refractivity contribution in [1.82, 2.24) is 5.32 Å². The second kappa shape index (κ2) is 7.22. The van der Waals surface area contributed by atoms with E-state index < -0.39 is 5.54 Å². The van der Waals surface area contributed by atoms with E-state index in [0.717, 1.165) is 11.3 Å². The van der Waals surface area contributed by atoms with Crippen LogP contribution >= 0.6 is 0 Å². The van der Waals surface area contributed by atoms with Crippen molar-refractivity contribution in [3.05, 3.63) is 29.8 Å². The van der Waals surface area contributed by atoms with E-state index in [1.165, 1.54) is 0 Å². The van der Waals surface area contributed by atoms with Crippen LogP contribution in [-0.2, 0) is 16.1 Å². The Kier molecular flexibility index (Phi) is 5.90. The molecule has 0 fully saturated rings. The quantitative estimate of drug-likeness (QED) is 0.749. The zero-order valence-electron chi connectivity index (χ0n) is 13.2. The second-order valence-electron chi connectivity index (χ2n) is 5.80. The third kappa shape index (κ3) is 5.19. The van der Waals surface area contributed by atoms with Gasteiger partial charge < -0.3 is 16.4 Å². The average Bonchev–Trinajstić information content (AvgIpc) is 2.44. The Morgan fingerprint density at radius 3 is 2.57 bits per heavy atom. The van der Waals surface area contributed by atoms with Gasteiger partial charge in [-0.1, -0.05) is 32.9 Å². The molecule has 0 radical (unpaired) electrons. The van der Waals surface area contributed by atoms with Gasteiger partial charge in [-0.2, -0.15) is 0 Å². The molecule has 5 heteroatoms. The van der Waals surface area contributed by atoms with Crippen molar-refractivity contribution in [3.63, 3.8) is 0 Å². The van der Waals surface area contributed by atoms with Gasteiger partial charge in [-0.3, -0.25) is 9.59 Å². The van der Waals surface area contributed by atoms with E-state index in [1.807, 2.05) is 45.0 Å². The number of hydrogen-bond donors (Lipinski definition) is 3. The van der Waals surface area contributed by atoms with E-state index >= 15 is 0 Å². The Morgan fingerprint density at radius 1 is 1.33 bits per heavy atom. The molecule has 0 aromatic heterocycles. The summed E-state index contributed by atoms with van der Waals surface area (Å²) in [6, 6.07) is 7.41. The number of hydrogen-bond acceptors (Lipinski definition) is 3. The molecule has 1 atom stereocenters. The van der Waals surface area contributed by atoms with Gasteiger partial charge in [-0.15, -0.1) is 0 Å². The highest BCUT2D eigenvalue weighted by atomic mass is 16.2. The first kappa shape index (κ1) is 17.2. The molecule has 0 aliphatic carbocycles. The first-order chi connectivity index (χ1) is 9.76. The molecule has 0 saturated carbocycles. The Morgan fingerprint density at radius 2 is 2.00 bits per heavy atom. The number of rotatable bonds is 6. The minimum atomic E-state index is -0.858. The van der Waals surface area contributed by atoms with Gasteiger partial charge in [0.1, 0.15) is 0 Å². The lowest BCUT2D eigenvalue weighted by Gasteiger charge is -2.21. The van der Waals surface area contributed by atoms with Gasteiger partial charge in [0.05, 0.1) is 5.54 Å². The van der Waals surface area contributed by atoms with Crippen molar-refractivity contribution in [2.24, 2.45) is 11.7 Å². The highest BCUT2D eigenvalue weighted by molar-refractivity contribution is 5.92. The maximum atomic E-state index is 11.9. The van der Waals surface area contributed by atoms with E-state index in [0.29, 0.717) is 13.0 Å². The molecule has 0 saturated heterocycles. The van der Waals surface area contributed by atoms with Crippen molar-refractivity contribution in [2.45, 2.75) is 46.2 Å². The van der Waals surface area contributed by atoms with Crippen molar-refractivity contribution in [1.29, 1.82) is 0 Å². The Hall–Kier alpha value is -1.88. The van der Waals surface area contributed by atoms with Crippen molar-refractivity contribution in [2.75, 3.05) is 5.32 Å². The number of carbonyl (C=O) groups is 2. The van der Waals surface area contributed by atoms with Crippen molar-refractivity contribution in [3.8, 4) is 0 Å². The number of anilines is 1. The molecule has 0 aliphatic heterocycles. The molecule has 4 N–H and O–H groups in total. The smallest absolute Gasteiger partial charge is 0.240 e. The summed E-state index contributed by atoms with van der Waals surface area (Å²) in [6.07, 6.45) is 0.573. The zero-order valence-corrected chi connectivity index (χ0v) is 13.2. The molecule has 0 heterocycles. The summed E-state index contributed by atoms with van der Waals surface area (Å²) in [4.78, 5) is 23.6. The molecule has 1 aromatic rings. The fourth-order valence-corrected chi connectivity index (χ4v) is 1.59. The molecular weight excluding hydrogens is 266 g/mol. The minimum Gasteiger partial charge on any atom is -0.350 e. The highest BCUT2D eigenvalue weighted by Gasteiger charge is 2.25. The van der Waals surface area contributed by atoms with E-state index in [2.05, 4.69) is 10.6 Å². The second-order valence-corrected chi connectivity index (χ2v) is 5.80. The van der Waals surface area contributed by atoms with Crippen LogP contribution in [0.25, 0.3) is 0 Å². The summed E-state index contributed by atoms with van der Waals surface area (Å²) in [6.45, 7) is 7.65. The van der Waals surface area contributed by atoms with Crippen LogP contribution in [0.1, 0.15) is 39.7 Å². The fraction of sp³-hybridized carbons (Fsp3) is 0.500. The maximum Gasteiger partial charge on any atom is 0.240 e. The van der Waals surface area contributed by atoms with E-state index in [4.69, 9.17) is 5.73 Å². The van der Waals surface area contributed by atoms with Crippen LogP contribution < -0.4 is 16.4 Å². The number of amides is 2. The molecule has 0 bridgehead atoms. The summed E-state index contributed by atoms with van der Waals surface area (Å²) in [5.74, 6) is -0.283. The SMILES string of the molecule is CCC(C)(N)C(=O)NCc1cccc(NC(=O)C(C)C)c1. The summed E-state index contributed by atoms with van der Waals surface area (Å²) in [7, 11) is 0. The molecule has 116 valence electrons. The molecule has 1 rings (SSSR count). The Bertz CT molecular complexity index is 510. The minimum absolute atomic E-state index is 0.0308. The van der Waals surface area contributed by atoms with Crippen LogP contribution in [0.5, 0.6) is 0 Å². The van der Waals surface area contributed by atoms with Crippen molar-refractivity contribution < 1.29 is 9.59 Å². The molecule has 1 unspecified atom stereocenters. The molecule has 2 amide bonds. The lowest BCUT2D eigenvalue weighted by Crippen LogP contribution is -2.50. The standard InChI is InChI=1S/C16H25N3O2/c1-5-16(4,17)15(21)18-10-12-7-6-8-13(9-12)19-14(20)11(2)3/h6-9,11H,5,10,17H2,1-4H3,(H,18,21)(H,19,20). The largest absolute Gasteiger partial charge is 0.350 e. The van der Waals surface area contributed by atoms with Crippen molar-refractivity contribution >= 4 is 17.5 Å².